The zero-order valence-corrected chi connectivity index (χ0v) is 11.6. The van der Waals surface area contributed by atoms with Gasteiger partial charge in [0.2, 0.25) is 0 Å². The van der Waals surface area contributed by atoms with Gasteiger partial charge in [0.05, 0.1) is 6.61 Å². The molecule has 2 aromatic rings. The first-order valence-corrected chi connectivity index (χ1v) is 6.45. The van der Waals surface area contributed by atoms with Gasteiger partial charge in [-0.2, -0.15) is 0 Å². The van der Waals surface area contributed by atoms with Crippen molar-refractivity contribution in [2.45, 2.75) is 26.5 Å². The quantitative estimate of drug-likeness (QED) is 0.898. The van der Waals surface area contributed by atoms with Crippen LogP contribution >= 0.6 is 0 Å². The first kappa shape index (κ1) is 14.5. The Kier molecular flexibility index (Phi) is 4.37. The Bertz CT molecular complexity index is 611. The number of hydrogen-bond acceptors (Lipinski definition) is 3. The zero-order chi connectivity index (χ0) is 14.7. The van der Waals surface area contributed by atoms with E-state index < -0.39 is 0 Å². The number of aliphatic hydroxyl groups is 1. The summed E-state index contributed by atoms with van der Waals surface area (Å²) in [4.78, 5) is 0. The van der Waals surface area contributed by atoms with E-state index in [0.717, 1.165) is 0 Å². The highest BCUT2D eigenvalue weighted by atomic mass is 19.1. The molecule has 2 aromatic carbocycles. The normalized spacial score (nSPS) is 12.2. The standard InChI is InChI=1S/C16H18FNO2/c1-10-7-16(13(11(2)18)8-14(10)17)20-15-6-4-3-5-12(15)9-19/h3-8,11,19H,9,18H2,1-2H3/t11-/m1/s1. The summed E-state index contributed by atoms with van der Waals surface area (Å²) in [5.41, 5.74) is 7.62. The Hall–Kier alpha value is -1.91. The van der Waals surface area contributed by atoms with Crippen molar-refractivity contribution in [3.63, 3.8) is 0 Å². The molecule has 0 unspecified atom stereocenters. The third kappa shape index (κ3) is 2.98. The summed E-state index contributed by atoms with van der Waals surface area (Å²) >= 11 is 0. The summed E-state index contributed by atoms with van der Waals surface area (Å²) in [6.45, 7) is 3.32. The fraction of sp³-hybridized carbons (Fsp3) is 0.250. The number of aryl methyl sites for hydroxylation is 1. The molecule has 0 spiro atoms. The van der Waals surface area contributed by atoms with Crippen molar-refractivity contribution in [1.29, 1.82) is 0 Å². The molecule has 0 heterocycles. The van der Waals surface area contributed by atoms with Crippen LogP contribution in [0.2, 0.25) is 0 Å². The predicted molar refractivity (Wildman–Crippen MR) is 76.2 cm³/mol. The van der Waals surface area contributed by atoms with Gasteiger partial charge in [-0.3, -0.25) is 0 Å². The average molecular weight is 275 g/mol. The van der Waals surface area contributed by atoms with Crippen molar-refractivity contribution in [3.05, 3.63) is 58.9 Å². The van der Waals surface area contributed by atoms with Gasteiger partial charge in [0.25, 0.3) is 0 Å². The van der Waals surface area contributed by atoms with Crippen molar-refractivity contribution >= 4 is 0 Å². The molecule has 0 fully saturated rings. The molecule has 0 saturated carbocycles. The largest absolute Gasteiger partial charge is 0.457 e. The molecule has 0 aromatic heterocycles. The van der Waals surface area contributed by atoms with E-state index in [1.807, 2.05) is 12.1 Å². The summed E-state index contributed by atoms with van der Waals surface area (Å²) in [5, 5.41) is 9.31. The fourth-order valence-electron chi connectivity index (χ4n) is 1.97. The second kappa shape index (κ2) is 6.03. The Labute approximate surface area is 117 Å². The summed E-state index contributed by atoms with van der Waals surface area (Å²) in [7, 11) is 0. The Morgan fingerprint density at radius 2 is 1.95 bits per heavy atom. The topological polar surface area (TPSA) is 55.5 Å². The van der Waals surface area contributed by atoms with Crippen molar-refractivity contribution in [2.24, 2.45) is 5.73 Å². The molecular formula is C16H18FNO2. The van der Waals surface area contributed by atoms with Crippen LogP contribution in [0.1, 0.15) is 29.7 Å². The lowest BCUT2D eigenvalue weighted by atomic mass is 10.0. The summed E-state index contributed by atoms with van der Waals surface area (Å²) in [5.74, 6) is 0.753. The third-order valence-electron chi connectivity index (χ3n) is 3.14. The maximum absolute atomic E-state index is 13.7. The number of para-hydroxylation sites is 1. The van der Waals surface area contributed by atoms with E-state index >= 15 is 0 Å². The van der Waals surface area contributed by atoms with Crippen LogP contribution in [-0.2, 0) is 6.61 Å². The van der Waals surface area contributed by atoms with Gasteiger partial charge >= 0.3 is 0 Å². The zero-order valence-electron chi connectivity index (χ0n) is 11.6. The number of ether oxygens (including phenoxy) is 1. The van der Waals surface area contributed by atoms with E-state index in [-0.39, 0.29) is 18.5 Å². The third-order valence-corrected chi connectivity index (χ3v) is 3.14. The predicted octanol–water partition coefficient (Wildman–Crippen LogP) is 3.44. The van der Waals surface area contributed by atoms with Gasteiger partial charge in [-0.15, -0.1) is 0 Å². The number of hydrogen-bond donors (Lipinski definition) is 2. The summed E-state index contributed by atoms with van der Waals surface area (Å²) in [6, 6.07) is 9.85. The molecule has 0 saturated heterocycles. The van der Waals surface area contributed by atoms with E-state index in [4.69, 9.17) is 10.5 Å². The van der Waals surface area contributed by atoms with Gasteiger partial charge < -0.3 is 15.6 Å². The van der Waals surface area contributed by atoms with E-state index in [9.17, 15) is 9.50 Å². The maximum atomic E-state index is 13.7. The minimum absolute atomic E-state index is 0.121. The molecule has 0 aliphatic rings. The highest BCUT2D eigenvalue weighted by Crippen LogP contribution is 2.32. The van der Waals surface area contributed by atoms with E-state index in [1.165, 1.54) is 6.07 Å². The lowest BCUT2D eigenvalue weighted by Crippen LogP contribution is -2.08. The van der Waals surface area contributed by atoms with Crippen LogP contribution in [0, 0.1) is 12.7 Å². The lowest BCUT2D eigenvalue weighted by Gasteiger charge is -2.16. The van der Waals surface area contributed by atoms with E-state index in [2.05, 4.69) is 0 Å². The van der Waals surface area contributed by atoms with Crippen molar-refractivity contribution in [2.75, 3.05) is 0 Å². The second-order valence-electron chi connectivity index (χ2n) is 4.80. The highest BCUT2D eigenvalue weighted by Gasteiger charge is 2.14. The van der Waals surface area contributed by atoms with Gasteiger partial charge in [0.15, 0.2) is 0 Å². The lowest BCUT2D eigenvalue weighted by molar-refractivity contribution is 0.276. The second-order valence-corrected chi connectivity index (χ2v) is 4.80. The molecule has 0 aliphatic heterocycles. The molecule has 0 aliphatic carbocycles. The van der Waals surface area contributed by atoms with Crippen molar-refractivity contribution < 1.29 is 14.2 Å². The van der Waals surface area contributed by atoms with Crippen LogP contribution < -0.4 is 10.5 Å². The van der Waals surface area contributed by atoms with Crippen LogP contribution in [-0.4, -0.2) is 5.11 Å². The molecule has 0 radical (unpaired) electrons. The summed E-state index contributed by atoms with van der Waals surface area (Å²) in [6.07, 6.45) is 0. The molecule has 2 rings (SSSR count). The van der Waals surface area contributed by atoms with E-state index in [1.54, 1.807) is 32.0 Å². The number of benzene rings is 2. The Morgan fingerprint density at radius 1 is 1.25 bits per heavy atom. The van der Waals surface area contributed by atoms with Crippen molar-refractivity contribution in [1.82, 2.24) is 0 Å². The number of aliphatic hydroxyl groups excluding tert-OH is 1. The monoisotopic (exact) mass is 275 g/mol. The van der Waals surface area contributed by atoms with Crippen LogP contribution in [0.5, 0.6) is 11.5 Å². The van der Waals surface area contributed by atoms with Crippen LogP contribution in [0.4, 0.5) is 4.39 Å². The smallest absolute Gasteiger partial charge is 0.132 e. The average Bonchev–Trinajstić information content (AvgIpc) is 2.43. The number of halogens is 1. The van der Waals surface area contributed by atoms with Gasteiger partial charge in [0, 0.05) is 17.2 Å². The Morgan fingerprint density at radius 3 is 2.60 bits per heavy atom. The van der Waals surface area contributed by atoms with Gasteiger partial charge in [-0.05, 0) is 37.6 Å². The molecule has 0 amide bonds. The molecule has 3 nitrogen and oxygen atoms in total. The number of nitrogens with two attached hydrogens (primary N) is 1. The first-order chi connectivity index (χ1) is 9.52. The Balaban J connectivity index is 2.45. The molecular weight excluding hydrogens is 257 g/mol. The molecule has 3 N–H and O–H groups in total. The SMILES string of the molecule is Cc1cc(Oc2ccccc2CO)c([C@@H](C)N)cc1F. The van der Waals surface area contributed by atoms with Gasteiger partial charge in [-0.1, -0.05) is 18.2 Å². The number of rotatable bonds is 4. The first-order valence-electron chi connectivity index (χ1n) is 6.45. The van der Waals surface area contributed by atoms with Crippen LogP contribution in [0.25, 0.3) is 0 Å². The fourth-order valence-corrected chi connectivity index (χ4v) is 1.97. The minimum Gasteiger partial charge on any atom is -0.457 e. The highest BCUT2D eigenvalue weighted by molar-refractivity contribution is 5.44. The van der Waals surface area contributed by atoms with Crippen molar-refractivity contribution in [3.8, 4) is 11.5 Å². The minimum atomic E-state index is -0.346. The maximum Gasteiger partial charge on any atom is 0.132 e. The molecule has 20 heavy (non-hydrogen) atoms. The molecule has 0 bridgehead atoms. The van der Waals surface area contributed by atoms with E-state index in [0.29, 0.717) is 28.2 Å². The van der Waals surface area contributed by atoms with Crippen LogP contribution in [0.3, 0.4) is 0 Å². The van der Waals surface area contributed by atoms with Gasteiger partial charge in [0.1, 0.15) is 17.3 Å². The molecule has 1 atom stereocenters. The summed E-state index contributed by atoms with van der Waals surface area (Å²) < 4.78 is 19.5. The molecule has 4 heteroatoms. The van der Waals surface area contributed by atoms with Gasteiger partial charge in [-0.25, -0.2) is 4.39 Å². The molecule has 106 valence electrons. The van der Waals surface area contributed by atoms with Crippen LogP contribution in [0.15, 0.2) is 36.4 Å².